The normalized spacial score (nSPS) is 20.1. The number of carbonyl (C=O) groups is 1. The van der Waals surface area contributed by atoms with Gasteiger partial charge in [-0.1, -0.05) is 29.3 Å². The number of nitrogens with one attached hydrogen (secondary N) is 1. The Kier molecular flexibility index (Phi) is 7.46. The van der Waals surface area contributed by atoms with E-state index in [2.05, 4.69) is 27.1 Å². The highest BCUT2D eigenvalue weighted by Crippen LogP contribution is 2.31. The fourth-order valence-electron chi connectivity index (χ4n) is 4.42. The van der Waals surface area contributed by atoms with Crippen molar-refractivity contribution in [3.05, 3.63) is 40.0 Å². The second-order valence-electron chi connectivity index (χ2n) is 8.68. The summed E-state index contributed by atoms with van der Waals surface area (Å²) in [6.45, 7) is 6.58. The molecule has 33 heavy (non-hydrogen) atoms. The number of rotatable bonds is 6. The highest BCUT2D eigenvalue weighted by molar-refractivity contribution is 6.35. The molecule has 1 aromatic heterocycles. The summed E-state index contributed by atoms with van der Waals surface area (Å²) >= 11 is 12.4. The summed E-state index contributed by atoms with van der Waals surface area (Å²) in [5.41, 5.74) is 0.910. The summed E-state index contributed by atoms with van der Waals surface area (Å²) in [6.07, 6.45) is 2.62. The number of ether oxygens (including phenoxy) is 1. The molecule has 1 N–H and O–H groups in total. The minimum absolute atomic E-state index is 0.120. The van der Waals surface area contributed by atoms with E-state index in [9.17, 15) is 4.79 Å². The zero-order chi connectivity index (χ0) is 23.5. The Morgan fingerprint density at radius 3 is 2.61 bits per heavy atom. The molecule has 2 aliphatic heterocycles. The molecule has 8 nitrogen and oxygen atoms in total. The maximum absolute atomic E-state index is 12.8. The molecule has 2 aliphatic rings. The molecule has 178 valence electrons. The van der Waals surface area contributed by atoms with E-state index in [1.807, 2.05) is 24.0 Å². The van der Waals surface area contributed by atoms with Gasteiger partial charge in [-0.15, -0.1) is 0 Å². The van der Waals surface area contributed by atoms with Gasteiger partial charge in [0.25, 0.3) is 0 Å². The van der Waals surface area contributed by atoms with Crippen LogP contribution in [-0.2, 0) is 4.79 Å². The second-order valence-corrected chi connectivity index (χ2v) is 9.52. The third-order valence-corrected chi connectivity index (χ3v) is 6.92. The van der Waals surface area contributed by atoms with Crippen molar-refractivity contribution in [2.45, 2.75) is 19.4 Å². The van der Waals surface area contributed by atoms with Crippen molar-refractivity contribution in [3.8, 4) is 5.75 Å². The van der Waals surface area contributed by atoms with Crippen molar-refractivity contribution in [3.63, 3.8) is 0 Å². The minimum atomic E-state index is -0.120. The van der Waals surface area contributed by atoms with E-state index >= 15 is 0 Å². The summed E-state index contributed by atoms with van der Waals surface area (Å²) < 4.78 is 5.47. The average Bonchev–Trinajstić information content (AvgIpc) is 3.25. The van der Waals surface area contributed by atoms with Crippen molar-refractivity contribution < 1.29 is 9.53 Å². The van der Waals surface area contributed by atoms with Crippen LogP contribution in [0.1, 0.15) is 24.9 Å². The molecule has 2 fully saturated rings. The Labute approximate surface area is 204 Å². The van der Waals surface area contributed by atoms with E-state index in [0.29, 0.717) is 53.7 Å². The van der Waals surface area contributed by atoms with Gasteiger partial charge < -0.3 is 24.8 Å². The molecule has 0 unspecified atom stereocenters. The predicted octanol–water partition coefficient (Wildman–Crippen LogP) is 3.57. The number of carbonyl (C=O) groups excluding carboxylic acids is 1. The lowest BCUT2D eigenvalue weighted by Gasteiger charge is -2.36. The summed E-state index contributed by atoms with van der Waals surface area (Å²) in [6, 6.07) is 5.32. The number of aromatic nitrogens is 2. The van der Waals surface area contributed by atoms with Gasteiger partial charge in [-0.05, 0) is 44.6 Å². The minimum Gasteiger partial charge on any atom is -0.491 e. The van der Waals surface area contributed by atoms with Crippen LogP contribution in [0.3, 0.4) is 0 Å². The molecule has 0 saturated carbocycles. The lowest BCUT2D eigenvalue weighted by atomic mass is 10.1. The zero-order valence-corrected chi connectivity index (χ0v) is 20.7. The summed E-state index contributed by atoms with van der Waals surface area (Å²) in [5.74, 6) is 2.14. The lowest BCUT2D eigenvalue weighted by Crippen LogP contribution is -2.51. The maximum atomic E-state index is 12.8. The van der Waals surface area contributed by atoms with Crippen LogP contribution in [0, 0.1) is 5.92 Å². The molecule has 0 radical (unpaired) electrons. The van der Waals surface area contributed by atoms with Gasteiger partial charge in [-0.2, -0.15) is 4.98 Å². The van der Waals surface area contributed by atoms with Crippen LogP contribution in [0.5, 0.6) is 5.75 Å². The van der Waals surface area contributed by atoms with E-state index in [4.69, 9.17) is 32.9 Å². The van der Waals surface area contributed by atoms with E-state index in [-0.39, 0.29) is 17.9 Å². The Morgan fingerprint density at radius 1 is 1.21 bits per heavy atom. The van der Waals surface area contributed by atoms with E-state index in [1.165, 1.54) is 0 Å². The number of amides is 1. The fraction of sp³-hybridized carbons (Fsp3) is 0.522. The molecule has 3 heterocycles. The van der Waals surface area contributed by atoms with Crippen LogP contribution >= 0.6 is 23.2 Å². The molecule has 10 heteroatoms. The molecular weight excluding hydrogens is 463 g/mol. The summed E-state index contributed by atoms with van der Waals surface area (Å²) in [7, 11) is 3.66. The third kappa shape index (κ3) is 5.45. The standard InChI is InChI=1S/C23H30Cl2N6O2/c1-15(18-5-4-17(24)12-19(18)25)27-21-20(33-3)13-26-23(28-21)31-10-8-30(9-11-31)22(32)16-6-7-29(2)14-16/h4-5,12-13,15-16H,6-11,14H2,1-3H3,(H,26,27,28)/t15-,16+/m1/s1. The monoisotopic (exact) mass is 492 g/mol. The van der Waals surface area contributed by atoms with Gasteiger partial charge >= 0.3 is 0 Å². The molecule has 0 bridgehead atoms. The van der Waals surface area contributed by atoms with Crippen molar-refractivity contribution in [1.82, 2.24) is 19.8 Å². The average molecular weight is 493 g/mol. The number of methoxy groups -OCH3 is 1. The number of piperazine rings is 1. The predicted molar refractivity (Wildman–Crippen MR) is 131 cm³/mol. The van der Waals surface area contributed by atoms with Gasteiger partial charge in [0.05, 0.1) is 25.3 Å². The maximum Gasteiger partial charge on any atom is 0.227 e. The first-order valence-corrected chi connectivity index (χ1v) is 12.0. The molecule has 1 amide bonds. The fourth-order valence-corrected chi connectivity index (χ4v) is 5.00. The Hall–Kier alpha value is -2.29. The first kappa shape index (κ1) is 23.9. The molecule has 2 saturated heterocycles. The van der Waals surface area contributed by atoms with Crippen molar-refractivity contribution >= 4 is 40.9 Å². The van der Waals surface area contributed by atoms with Crippen molar-refractivity contribution in [1.29, 1.82) is 0 Å². The second kappa shape index (κ2) is 10.3. The molecular formula is C23H30Cl2N6O2. The van der Waals surface area contributed by atoms with E-state index < -0.39 is 0 Å². The number of nitrogens with zero attached hydrogens (tertiary/aromatic N) is 5. The molecule has 4 rings (SSSR count). The first-order valence-electron chi connectivity index (χ1n) is 11.2. The van der Waals surface area contributed by atoms with Gasteiger partial charge in [-0.25, -0.2) is 4.98 Å². The molecule has 2 atom stereocenters. The quantitative estimate of drug-likeness (QED) is 0.660. The molecule has 0 spiro atoms. The number of anilines is 2. The van der Waals surface area contributed by atoms with Gasteiger partial charge in [0, 0.05) is 42.8 Å². The lowest BCUT2D eigenvalue weighted by molar-refractivity contribution is -0.135. The first-order chi connectivity index (χ1) is 15.9. The van der Waals surface area contributed by atoms with Crippen LogP contribution < -0.4 is 15.0 Å². The van der Waals surface area contributed by atoms with Crippen molar-refractivity contribution in [2.24, 2.45) is 5.92 Å². The van der Waals surface area contributed by atoms with Gasteiger partial charge in [0.1, 0.15) is 0 Å². The number of hydrogen-bond donors (Lipinski definition) is 1. The highest BCUT2D eigenvalue weighted by Gasteiger charge is 2.32. The Bertz CT molecular complexity index is 999. The largest absolute Gasteiger partial charge is 0.491 e. The molecule has 1 aromatic carbocycles. The molecule has 0 aliphatic carbocycles. The number of likely N-dealkylation sites (tertiary alicyclic amines) is 1. The zero-order valence-electron chi connectivity index (χ0n) is 19.2. The topological polar surface area (TPSA) is 73.8 Å². The SMILES string of the molecule is COc1cnc(N2CCN(C(=O)[C@H]3CCN(C)C3)CC2)nc1N[C@H](C)c1ccc(Cl)cc1Cl. The van der Waals surface area contributed by atoms with Crippen LogP contribution in [0.25, 0.3) is 0 Å². The van der Waals surface area contributed by atoms with Gasteiger partial charge in [-0.3, -0.25) is 4.79 Å². The summed E-state index contributed by atoms with van der Waals surface area (Å²) in [4.78, 5) is 28.4. The highest BCUT2D eigenvalue weighted by atomic mass is 35.5. The Balaban J connectivity index is 1.43. The Morgan fingerprint density at radius 2 is 1.97 bits per heavy atom. The smallest absolute Gasteiger partial charge is 0.227 e. The van der Waals surface area contributed by atoms with Crippen LogP contribution in [-0.4, -0.2) is 79.1 Å². The third-order valence-electron chi connectivity index (χ3n) is 6.36. The van der Waals surface area contributed by atoms with Crippen LogP contribution in [0.4, 0.5) is 11.8 Å². The van der Waals surface area contributed by atoms with Gasteiger partial charge in [0.2, 0.25) is 11.9 Å². The van der Waals surface area contributed by atoms with E-state index in [0.717, 1.165) is 25.1 Å². The van der Waals surface area contributed by atoms with Crippen LogP contribution in [0.15, 0.2) is 24.4 Å². The van der Waals surface area contributed by atoms with Gasteiger partial charge in [0.15, 0.2) is 11.6 Å². The number of hydrogen-bond acceptors (Lipinski definition) is 7. The van der Waals surface area contributed by atoms with Crippen LogP contribution in [0.2, 0.25) is 10.0 Å². The summed E-state index contributed by atoms with van der Waals surface area (Å²) in [5, 5.41) is 4.57. The number of halogens is 2. The number of benzene rings is 1. The molecule has 2 aromatic rings. The van der Waals surface area contributed by atoms with Crippen molar-refractivity contribution in [2.75, 3.05) is 63.6 Å². The van der Waals surface area contributed by atoms with E-state index in [1.54, 1.807) is 19.4 Å².